The van der Waals surface area contributed by atoms with Crippen molar-refractivity contribution in [3.63, 3.8) is 0 Å². The van der Waals surface area contributed by atoms with Gasteiger partial charge >= 0.3 is 6.01 Å². The number of hydrogen-bond donors (Lipinski definition) is 2. The minimum absolute atomic E-state index is 0.246. The van der Waals surface area contributed by atoms with Gasteiger partial charge in [-0.3, -0.25) is 0 Å². The summed E-state index contributed by atoms with van der Waals surface area (Å²) in [4.78, 5) is 20.3. The van der Waals surface area contributed by atoms with E-state index in [1.165, 1.54) is 6.07 Å². The first-order valence-electron chi connectivity index (χ1n) is 11.0. The molecule has 3 aromatic rings. The molecule has 1 saturated carbocycles. The van der Waals surface area contributed by atoms with E-state index in [0.717, 1.165) is 59.2 Å². The standard InChI is InChI=1S/C23H24FN7O/c1-3-19-27-7-12(8-28-19)32-23-29-18-6-13-14(4-11(24)5-17(13)26-2)20(18)22(30-23)31-9-15-16(10-31)21(15)25/h4-5,7-8,15-16,21,26H,3,6,9-10,25H2,1-2H3. The zero-order valence-corrected chi connectivity index (χ0v) is 18.0. The molecule has 1 saturated heterocycles. The number of fused-ring (bicyclic) bond motifs is 4. The highest BCUT2D eigenvalue weighted by Gasteiger charge is 2.54. The Morgan fingerprint density at radius 1 is 1.19 bits per heavy atom. The lowest BCUT2D eigenvalue weighted by Gasteiger charge is -2.23. The van der Waals surface area contributed by atoms with Crippen molar-refractivity contribution in [2.75, 3.05) is 30.4 Å². The molecule has 164 valence electrons. The van der Waals surface area contributed by atoms with Gasteiger partial charge in [0.05, 0.1) is 18.1 Å². The second-order valence-electron chi connectivity index (χ2n) is 8.66. The van der Waals surface area contributed by atoms with Crippen LogP contribution in [0.1, 0.15) is 24.0 Å². The zero-order chi connectivity index (χ0) is 22.0. The lowest BCUT2D eigenvalue weighted by molar-refractivity contribution is 0.435. The van der Waals surface area contributed by atoms with E-state index < -0.39 is 0 Å². The summed E-state index contributed by atoms with van der Waals surface area (Å²) < 4.78 is 20.4. The molecule has 0 bridgehead atoms. The van der Waals surface area contributed by atoms with E-state index in [-0.39, 0.29) is 17.9 Å². The van der Waals surface area contributed by atoms with Crippen molar-refractivity contribution in [3.05, 3.63) is 47.4 Å². The summed E-state index contributed by atoms with van der Waals surface area (Å²) in [6, 6.07) is 3.61. The maximum Gasteiger partial charge on any atom is 0.324 e. The van der Waals surface area contributed by atoms with Crippen molar-refractivity contribution in [1.82, 2.24) is 19.9 Å². The smallest absolute Gasteiger partial charge is 0.324 e. The van der Waals surface area contributed by atoms with E-state index in [1.807, 2.05) is 6.92 Å². The van der Waals surface area contributed by atoms with Gasteiger partial charge in [-0.2, -0.15) is 9.97 Å². The van der Waals surface area contributed by atoms with Gasteiger partial charge in [0, 0.05) is 50.3 Å². The molecule has 32 heavy (non-hydrogen) atoms. The highest BCUT2D eigenvalue weighted by molar-refractivity contribution is 5.88. The predicted molar refractivity (Wildman–Crippen MR) is 118 cm³/mol. The van der Waals surface area contributed by atoms with Crippen LogP contribution >= 0.6 is 0 Å². The van der Waals surface area contributed by atoms with Crippen LogP contribution in [0, 0.1) is 17.7 Å². The number of piperidine rings is 1. The summed E-state index contributed by atoms with van der Waals surface area (Å²) in [5.74, 6) is 2.70. The quantitative estimate of drug-likeness (QED) is 0.495. The van der Waals surface area contributed by atoms with Gasteiger partial charge < -0.3 is 20.7 Å². The molecule has 6 rings (SSSR count). The Morgan fingerprint density at radius 3 is 2.62 bits per heavy atom. The third kappa shape index (κ3) is 2.99. The fraction of sp³-hybridized carbons (Fsp3) is 0.391. The van der Waals surface area contributed by atoms with E-state index in [4.69, 9.17) is 20.4 Å². The van der Waals surface area contributed by atoms with E-state index in [9.17, 15) is 4.39 Å². The molecule has 1 aromatic carbocycles. The number of anilines is 2. The van der Waals surface area contributed by atoms with E-state index in [0.29, 0.717) is 24.0 Å². The first-order chi connectivity index (χ1) is 15.6. The molecule has 2 fully saturated rings. The van der Waals surface area contributed by atoms with E-state index >= 15 is 0 Å². The van der Waals surface area contributed by atoms with Crippen molar-refractivity contribution >= 4 is 11.5 Å². The number of aryl methyl sites for hydroxylation is 1. The summed E-state index contributed by atoms with van der Waals surface area (Å²) in [6.07, 6.45) is 4.60. The van der Waals surface area contributed by atoms with Gasteiger partial charge in [-0.05, 0) is 35.1 Å². The van der Waals surface area contributed by atoms with Gasteiger partial charge in [-0.15, -0.1) is 0 Å². The first kappa shape index (κ1) is 19.4. The third-order valence-corrected chi connectivity index (χ3v) is 6.81. The molecule has 0 amide bonds. The SMILES string of the molecule is CCc1ncc(Oc2nc3c(c(N4CC5C(N)C5C4)n2)-c2cc(F)cc(NC)c2C3)cn1. The second-order valence-corrected chi connectivity index (χ2v) is 8.66. The molecule has 9 heteroatoms. The van der Waals surface area contributed by atoms with Crippen LogP contribution in [0.25, 0.3) is 11.1 Å². The number of halogens is 1. The van der Waals surface area contributed by atoms with Crippen molar-refractivity contribution in [2.24, 2.45) is 17.6 Å². The number of hydrogen-bond acceptors (Lipinski definition) is 8. The fourth-order valence-corrected chi connectivity index (χ4v) is 5.02. The minimum Gasteiger partial charge on any atom is -0.421 e. The van der Waals surface area contributed by atoms with Crippen molar-refractivity contribution in [3.8, 4) is 22.9 Å². The lowest BCUT2D eigenvalue weighted by atomic mass is 10.0. The second kappa shape index (κ2) is 7.09. The number of nitrogens with zero attached hydrogens (tertiary/aromatic N) is 5. The topological polar surface area (TPSA) is 102 Å². The largest absolute Gasteiger partial charge is 0.421 e. The third-order valence-electron chi connectivity index (χ3n) is 6.81. The number of benzene rings is 1. The Labute approximate surface area is 185 Å². The maximum atomic E-state index is 14.4. The van der Waals surface area contributed by atoms with Gasteiger partial charge in [0.2, 0.25) is 0 Å². The van der Waals surface area contributed by atoms with E-state index in [1.54, 1.807) is 25.5 Å². The average molecular weight is 433 g/mol. The summed E-state index contributed by atoms with van der Waals surface area (Å²) >= 11 is 0. The molecule has 2 aliphatic carbocycles. The summed E-state index contributed by atoms with van der Waals surface area (Å²) in [5, 5.41) is 3.11. The summed E-state index contributed by atoms with van der Waals surface area (Å²) in [6.45, 7) is 3.68. The molecule has 3 heterocycles. The molecule has 8 nitrogen and oxygen atoms in total. The van der Waals surface area contributed by atoms with Gasteiger partial charge in [-0.1, -0.05) is 6.92 Å². The van der Waals surface area contributed by atoms with Crippen LogP contribution in [-0.2, 0) is 12.8 Å². The molecule has 1 aliphatic heterocycles. The number of nitrogens with one attached hydrogen (secondary N) is 1. The zero-order valence-electron chi connectivity index (χ0n) is 18.0. The van der Waals surface area contributed by atoms with Crippen LogP contribution in [0.3, 0.4) is 0 Å². The van der Waals surface area contributed by atoms with Crippen LogP contribution in [0.4, 0.5) is 15.9 Å². The number of ether oxygens (including phenoxy) is 1. The first-order valence-corrected chi connectivity index (χ1v) is 11.0. The number of rotatable bonds is 5. The Kier molecular flexibility index (Phi) is 4.29. The maximum absolute atomic E-state index is 14.4. The predicted octanol–water partition coefficient (Wildman–Crippen LogP) is 2.77. The van der Waals surface area contributed by atoms with Crippen molar-refractivity contribution < 1.29 is 9.13 Å². The lowest BCUT2D eigenvalue weighted by Crippen LogP contribution is -2.29. The van der Waals surface area contributed by atoms with Gasteiger partial charge in [-0.25, -0.2) is 14.4 Å². The Balaban J connectivity index is 1.43. The van der Waals surface area contributed by atoms with Crippen LogP contribution in [0.5, 0.6) is 11.8 Å². The highest BCUT2D eigenvalue weighted by Crippen LogP contribution is 2.50. The summed E-state index contributed by atoms with van der Waals surface area (Å²) in [5.41, 5.74) is 10.5. The normalized spacial score (nSPS) is 22.4. The molecule has 0 spiro atoms. The number of aromatic nitrogens is 4. The fourth-order valence-electron chi connectivity index (χ4n) is 5.02. The molecule has 3 N–H and O–H groups in total. The van der Waals surface area contributed by atoms with Crippen LogP contribution in [-0.4, -0.2) is 46.1 Å². The van der Waals surface area contributed by atoms with Gasteiger partial charge in [0.15, 0.2) is 5.75 Å². The molecule has 2 aromatic heterocycles. The Morgan fingerprint density at radius 2 is 1.94 bits per heavy atom. The summed E-state index contributed by atoms with van der Waals surface area (Å²) in [7, 11) is 1.80. The molecule has 2 unspecified atom stereocenters. The van der Waals surface area contributed by atoms with E-state index in [2.05, 4.69) is 20.2 Å². The molecule has 3 aliphatic rings. The average Bonchev–Trinajstić information content (AvgIpc) is 3.13. The molecule has 0 radical (unpaired) electrons. The minimum atomic E-state index is -0.285. The molecular formula is C23H24FN7O. The Bertz CT molecular complexity index is 1200. The highest BCUT2D eigenvalue weighted by atomic mass is 19.1. The van der Waals surface area contributed by atoms with Gasteiger partial charge in [0.25, 0.3) is 0 Å². The Hall–Kier alpha value is -3.33. The molecular weight excluding hydrogens is 409 g/mol. The van der Waals surface area contributed by atoms with Gasteiger partial charge in [0.1, 0.15) is 17.5 Å². The molecule has 2 atom stereocenters. The van der Waals surface area contributed by atoms with Crippen LogP contribution in [0.15, 0.2) is 24.5 Å². The van der Waals surface area contributed by atoms with Crippen molar-refractivity contribution in [2.45, 2.75) is 25.8 Å². The number of nitrogens with two attached hydrogens (primary N) is 1. The monoisotopic (exact) mass is 433 g/mol. The van der Waals surface area contributed by atoms with Crippen LogP contribution < -0.4 is 20.7 Å². The van der Waals surface area contributed by atoms with Crippen molar-refractivity contribution in [1.29, 1.82) is 0 Å². The van der Waals surface area contributed by atoms with Crippen LogP contribution in [0.2, 0.25) is 0 Å².